The highest BCUT2D eigenvalue weighted by Crippen LogP contribution is 2.31. The van der Waals surface area contributed by atoms with E-state index in [0.717, 1.165) is 24.8 Å². The Labute approximate surface area is 175 Å². The molecule has 160 valence electrons. The molecule has 0 amide bonds. The molecule has 1 saturated carbocycles. The number of rotatable bonds is 2. The Morgan fingerprint density at radius 1 is 1.13 bits per heavy atom. The number of pyridine rings is 2. The van der Waals surface area contributed by atoms with Crippen LogP contribution in [0.25, 0.3) is 10.9 Å². The van der Waals surface area contributed by atoms with E-state index in [1.807, 2.05) is 24.0 Å². The summed E-state index contributed by atoms with van der Waals surface area (Å²) >= 11 is 0. The van der Waals surface area contributed by atoms with E-state index in [4.69, 9.17) is 4.74 Å². The number of aryl methyl sites for hydroxylation is 1. The summed E-state index contributed by atoms with van der Waals surface area (Å²) in [6.45, 7) is 2.81. The normalized spacial score (nSPS) is 17.6. The summed E-state index contributed by atoms with van der Waals surface area (Å²) in [6.07, 6.45) is 12.5. The van der Waals surface area contributed by atoms with E-state index in [-0.39, 0.29) is 11.3 Å². The molecule has 5 rings (SSSR count). The Balaban J connectivity index is 0.000000158. The quantitative estimate of drug-likeness (QED) is 0.673. The zero-order valence-electron chi connectivity index (χ0n) is 17.4. The number of aromatic nitrogens is 4. The van der Waals surface area contributed by atoms with Crippen molar-refractivity contribution in [3.05, 3.63) is 46.6 Å². The minimum absolute atomic E-state index is 0.00729. The first kappa shape index (κ1) is 20.4. The van der Waals surface area contributed by atoms with Gasteiger partial charge in [0.15, 0.2) is 0 Å². The number of hydrogen-bond donors (Lipinski definition) is 2. The third-order valence-corrected chi connectivity index (χ3v) is 5.82. The van der Waals surface area contributed by atoms with Crippen LogP contribution in [0.5, 0.6) is 5.75 Å². The van der Waals surface area contributed by atoms with E-state index >= 15 is 0 Å². The van der Waals surface area contributed by atoms with Gasteiger partial charge in [-0.15, -0.1) is 0 Å². The van der Waals surface area contributed by atoms with Crippen LogP contribution in [0.2, 0.25) is 0 Å². The number of morpholine rings is 1. The molecule has 2 fully saturated rings. The molecule has 1 aliphatic carbocycles. The van der Waals surface area contributed by atoms with Crippen molar-refractivity contribution in [1.82, 2.24) is 19.7 Å². The lowest BCUT2D eigenvalue weighted by Gasteiger charge is -2.28. The molecule has 0 atom stereocenters. The molecule has 0 radical (unpaired) electrons. The molecule has 4 heterocycles. The fourth-order valence-electron chi connectivity index (χ4n) is 4.17. The first-order chi connectivity index (χ1) is 14.6. The summed E-state index contributed by atoms with van der Waals surface area (Å²) in [5.74, 6) is 1.54. The lowest BCUT2D eigenvalue weighted by molar-refractivity contribution is 0.122. The summed E-state index contributed by atoms with van der Waals surface area (Å²) < 4.78 is 7.18. The molecule has 3 aromatic heterocycles. The number of aromatic amines is 1. The van der Waals surface area contributed by atoms with E-state index in [1.165, 1.54) is 49.9 Å². The SMILES string of the molecule is Cn1cc(C2CCCCC2)cn1.O=c1[nH]c(N2CCOCC2)cc2ncc(O)cc12. The smallest absolute Gasteiger partial charge is 0.259 e. The molecular weight excluding hydrogens is 382 g/mol. The van der Waals surface area contributed by atoms with E-state index in [9.17, 15) is 9.90 Å². The molecule has 30 heavy (non-hydrogen) atoms. The standard InChI is InChI=1S/C12H13N3O3.C10H16N2/c16-8-5-9-10(13-7-8)6-11(14-12(9)17)15-1-3-18-4-2-15;1-12-8-10(7-11-12)9-5-3-2-4-6-9/h5-7,16H,1-4H2,(H,14,17);7-9H,2-6H2,1H3. The summed E-state index contributed by atoms with van der Waals surface area (Å²) in [6, 6.07) is 3.24. The second-order valence-corrected chi connectivity index (χ2v) is 7.99. The number of anilines is 1. The summed E-state index contributed by atoms with van der Waals surface area (Å²) in [5.41, 5.74) is 1.78. The molecule has 0 bridgehead atoms. The van der Waals surface area contributed by atoms with Gasteiger partial charge in [-0.25, -0.2) is 0 Å². The average molecular weight is 412 g/mol. The third kappa shape index (κ3) is 4.81. The van der Waals surface area contributed by atoms with Crippen molar-refractivity contribution in [1.29, 1.82) is 0 Å². The van der Waals surface area contributed by atoms with Crippen molar-refractivity contribution < 1.29 is 9.84 Å². The fraction of sp³-hybridized carbons (Fsp3) is 0.500. The number of ether oxygens (including phenoxy) is 1. The highest BCUT2D eigenvalue weighted by molar-refractivity contribution is 5.81. The minimum Gasteiger partial charge on any atom is -0.506 e. The van der Waals surface area contributed by atoms with Gasteiger partial charge in [0, 0.05) is 32.4 Å². The van der Waals surface area contributed by atoms with Gasteiger partial charge < -0.3 is 19.7 Å². The van der Waals surface area contributed by atoms with Gasteiger partial charge in [0.05, 0.1) is 36.5 Å². The maximum Gasteiger partial charge on any atom is 0.259 e. The predicted molar refractivity (Wildman–Crippen MR) is 116 cm³/mol. The van der Waals surface area contributed by atoms with Crippen LogP contribution < -0.4 is 10.5 Å². The van der Waals surface area contributed by atoms with Crippen LogP contribution in [0.4, 0.5) is 5.82 Å². The lowest BCUT2D eigenvalue weighted by atomic mass is 9.86. The van der Waals surface area contributed by atoms with Crippen molar-refractivity contribution in [2.45, 2.75) is 38.0 Å². The molecule has 1 saturated heterocycles. The summed E-state index contributed by atoms with van der Waals surface area (Å²) in [5, 5.41) is 13.9. The van der Waals surface area contributed by atoms with Gasteiger partial charge in [0.2, 0.25) is 0 Å². The van der Waals surface area contributed by atoms with E-state index in [0.29, 0.717) is 24.1 Å². The van der Waals surface area contributed by atoms with Gasteiger partial charge >= 0.3 is 0 Å². The highest BCUT2D eigenvalue weighted by Gasteiger charge is 2.16. The van der Waals surface area contributed by atoms with Crippen LogP contribution in [-0.4, -0.2) is 51.2 Å². The fourth-order valence-corrected chi connectivity index (χ4v) is 4.17. The molecule has 1 aliphatic heterocycles. The molecule has 0 aromatic carbocycles. The number of aromatic hydroxyl groups is 1. The molecule has 3 aromatic rings. The monoisotopic (exact) mass is 411 g/mol. The Hall–Kier alpha value is -2.87. The zero-order valence-corrected chi connectivity index (χ0v) is 17.4. The molecule has 2 aliphatic rings. The van der Waals surface area contributed by atoms with Crippen LogP contribution in [0.15, 0.2) is 35.5 Å². The number of fused-ring (bicyclic) bond motifs is 1. The molecule has 2 N–H and O–H groups in total. The van der Waals surface area contributed by atoms with Gasteiger partial charge in [-0.1, -0.05) is 19.3 Å². The Morgan fingerprint density at radius 3 is 2.60 bits per heavy atom. The lowest BCUT2D eigenvalue weighted by Crippen LogP contribution is -2.37. The number of H-pyrrole nitrogens is 1. The number of nitrogens with zero attached hydrogens (tertiary/aromatic N) is 4. The van der Waals surface area contributed by atoms with Crippen LogP contribution in [-0.2, 0) is 11.8 Å². The minimum atomic E-state index is -0.239. The topological polar surface area (TPSA) is 96.3 Å². The highest BCUT2D eigenvalue weighted by atomic mass is 16.5. The first-order valence-corrected chi connectivity index (χ1v) is 10.6. The maximum absolute atomic E-state index is 11.9. The first-order valence-electron chi connectivity index (χ1n) is 10.6. The summed E-state index contributed by atoms with van der Waals surface area (Å²) in [4.78, 5) is 20.9. The van der Waals surface area contributed by atoms with Crippen molar-refractivity contribution in [2.75, 3.05) is 31.2 Å². The molecular formula is C22H29N5O3. The largest absolute Gasteiger partial charge is 0.506 e. The van der Waals surface area contributed by atoms with Crippen LogP contribution >= 0.6 is 0 Å². The van der Waals surface area contributed by atoms with E-state index in [1.54, 1.807) is 0 Å². The summed E-state index contributed by atoms with van der Waals surface area (Å²) in [7, 11) is 1.99. The van der Waals surface area contributed by atoms with Crippen molar-refractivity contribution in [3.8, 4) is 5.75 Å². The third-order valence-electron chi connectivity index (χ3n) is 5.82. The Morgan fingerprint density at radius 2 is 1.90 bits per heavy atom. The van der Waals surface area contributed by atoms with Crippen molar-refractivity contribution >= 4 is 16.7 Å². The number of hydrogen-bond acceptors (Lipinski definition) is 6. The van der Waals surface area contributed by atoms with Gasteiger partial charge in [-0.3, -0.25) is 14.5 Å². The Kier molecular flexibility index (Phi) is 6.32. The Bertz CT molecular complexity index is 1030. The van der Waals surface area contributed by atoms with Gasteiger partial charge in [-0.05, 0) is 30.4 Å². The maximum atomic E-state index is 11.9. The van der Waals surface area contributed by atoms with Crippen LogP contribution in [0.3, 0.4) is 0 Å². The predicted octanol–water partition coefficient (Wildman–Crippen LogP) is 2.93. The van der Waals surface area contributed by atoms with Gasteiger partial charge in [0.1, 0.15) is 11.6 Å². The molecule has 8 nitrogen and oxygen atoms in total. The van der Waals surface area contributed by atoms with Gasteiger partial charge in [0.25, 0.3) is 5.56 Å². The molecule has 0 spiro atoms. The van der Waals surface area contributed by atoms with E-state index < -0.39 is 0 Å². The average Bonchev–Trinajstić information content (AvgIpc) is 3.22. The van der Waals surface area contributed by atoms with Crippen LogP contribution in [0.1, 0.15) is 43.6 Å². The van der Waals surface area contributed by atoms with Crippen molar-refractivity contribution in [3.63, 3.8) is 0 Å². The van der Waals surface area contributed by atoms with Gasteiger partial charge in [-0.2, -0.15) is 5.10 Å². The second kappa shape index (κ2) is 9.30. The molecule has 8 heteroatoms. The zero-order chi connectivity index (χ0) is 20.9. The van der Waals surface area contributed by atoms with E-state index in [2.05, 4.69) is 26.2 Å². The van der Waals surface area contributed by atoms with Crippen LogP contribution in [0, 0.1) is 0 Å². The second-order valence-electron chi connectivity index (χ2n) is 7.99. The number of nitrogens with one attached hydrogen (secondary N) is 1. The van der Waals surface area contributed by atoms with Crippen molar-refractivity contribution in [2.24, 2.45) is 7.05 Å². The molecule has 0 unspecified atom stereocenters.